The van der Waals surface area contributed by atoms with Gasteiger partial charge < -0.3 is 14.0 Å². The van der Waals surface area contributed by atoms with Crippen LogP contribution in [0.1, 0.15) is 47.0 Å². The Kier molecular flexibility index (Phi) is 11.1. The number of nitrogens with zero attached hydrogens (tertiary/aromatic N) is 1. The van der Waals surface area contributed by atoms with Crippen molar-refractivity contribution in [2.24, 2.45) is 0 Å². The topological polar surface area (TPSA) is 21.7 Å². The van der Waals surface area contributed by atoms with Gasteiger partial charge in [0.1, 0.15) is 23.2 Å². The van der Waals surface area contributed by atoms with Crippen LogP contribution in [0.3, 0.4) is 0 Å². The van der Waals surface area contributed by atoms with Gasteiger partial charge in [-0.05, 0) is 39.3 Å². The van der Waals surface area contributed by atoms with Crippen molar-refractivity contribution in [2.75, 3.05) is 26.3 Å². The molecule has 0 fully saturated rings. The van der Waals surface area contributed by atoms with Gasteiger partial charge in [-0.25, -0.2) is 0 Å². The fourth-order valence-electron chi connectivity index (χ4n) is 2.29. The molecule has 2 radical (unpaired) electrons. The summed E-state index contributed by atoms with van der Waals surface area (Å²) in [6.45, 7) is 20.0. The molecule has 0 aromatic carbocycles. The van der Waals surface area contributed by atoms with Crippen molar-refractivity contribution >= 4 is 17.8 Å². The SMILES string of the molecule is CCCOC(C)(OCCC)[Si]CCCN(CC)[Si](C)(C)C. The Balaban J connectivity index is 4.17. The number of rotatable bonds is 13. The van der Waals surface area contributed by atoms with Crippen molar-refractivity contribution in [1.29, 1.82) is 0 Å². The Morgan fingerprint density at radius 3 is 1.90 bits per heavy atom. The second-order valence-electron chi connectivity index (χ2n) is 6.67. The van der Waals surface area contributed by atoms with Crippen molar-refractivity contribution in [2.45, 2.75) is 78.1 Å². The highest BCUT2D eigenvalue weighted by Gasteiger charge is 2.26. The van der Waals surface area contributed by atoms with Gasteiger partial charge in [0.2, 0.25) is 0 Å². The standard InChI is InChI=1S/C16H37NO2Si2/c1-8-13-18-16(4,19-14-9-2)20-15-11-12-17(10-3)21(5,6)7/h8-15H2,1-7H3. The lowest BCUT2D eigenvalue weighted by Crippen LogP contribution is -2.46. The van der Waals surface area contributed by atoms with Crippen LogP contribution in [0.2, 0.25) is 25.7 Å². The van der Waals surface area contributed by atoms with E-state index in [1.165, 1.54) is 25.6 Å². The predicted octanol–water partition coefficient (Wildman–Crippen LogP) is 4.18. The van der Waals surface area contributed by atoms with Crippen LogP contribution in [0, 0.1) is 0 Å². The van der Waals surface area contributed by atoms with Gasteiger partial charge in [-0.15, -0.1) is 0 Å². The van der Waals surface area contributed by atoms with Crippen LogP contribution in [0.4, 0.5) is 0 Å². The molecule has 0 saturated heterocycles. The lowest BCUT2D eigenvalue weighted by molar-refractivity contribution is -0.169. The summed E-state index contributed by atoms with van der Waals surface area (Å²) in [6, 6.07) is 1.20. The summed E-state index contributed by atoms with van der Waals surface area (Å²) in [4.78, 5) is 0. The molecule has 0 N–H and O–H groups in total. The molecule has 0 rings (SSSR count). The minimum Gasteiger partial charge on any atom is -0.355 e. The van der Waals surface area contributed by atoms with Gasteiger partial charge in [0.05, 0.1) is 0 Å². The zero-order valence-corrected chi connectivity index (χ0v) is 17.4. The second-order valence-corrected chi connectivity index (χ2v) is 13.4. The first-order valence-electron chi connectivity index (χ1n) is 8.57. The maximum atomic E-state index is 5.97. The molecule has 0 aliphatic rings. The highest BCUT2D eigenvalue weighted by molar-refractivity contribution is 6.73. The van der Waals surface area contributed by atoms with E-state index < -0.39 is 8.24 Å². The van der Waals surface area contributed by atoms with Gasteiger partial charge in [0, 0.05) is 13.2 Å². The summed E-state index contributed by atoms with van der Waals surface area (Å²) in [5.41, 5.74) is -0.359. The van der Waals surface area contributed by atoms with E-state index in [2.05, 4.69) is 51.9 Å². The lowest BCUT2D eigenvalue weighted by atomic mass is 10.5. The average Bonchev–Trinajstić information content (AvgIpc) is 2.42. The molecule has 0 spiro atoms. The van der Waals surface area contributed by atoms with E-state index in [-0.39, 0.29) is 5.41 Å². The molecule has 0 bridgehead atoms. The highest BCUT2D eigenvalue weighted by Crippen LogP contribution is 2.16. The molecule has 0 saturated carbocycles. The summed E-state index contributed by atoms with van der Waals surface area (Å²) >= 11 is 0. The fourth-order valence-corrected chi connectivity index (χ4v) is 5.27. The molecule has 0 aliphatic heterocycles. The van der Waals surface area contributed by atoms with Crippen LogP contribution >= 0.6 is 0 Å². The molecule has 0 aromatic rings. The van der Waals surface area contributed by atoms with E-state index in [0.29, 0.717) is 0 Å². The second kappa shape index (κ2) is 10.9. The fraction of sp³-hybridized carbons (Fsp3) is 1.00. The Hall–Kier alpha value is 0.314. The van der Waals surface area contributed by atoms with Gasteiger partial charge in [-0.3, -0.25) is 0 Å². The van der Waals surface area contributed by atoms with Gasteiger partial charge in [0.25, 0.3) is 0 Å². The molecule has 0 aromatic heterocycles. The molecule has 0 atom stereocenters. The minimum absolute atomic E-state index is 0.359. The molecule has 0 heterocycles. The van der Waals surface area contributed by atoms with E-state index in [9.17, 15) is 0 Å². The van der Waals surface area contributed by atoms with Crippen LogP contribution < -0.4 is 0 Å². The molecule has 5 heteroatoms. The highest BCUT2D eigenvalue weighted by atomic mass is 28.3. The van der Waals surface area contributed by atoms with Crippen molar-refractivity contribution < 1.29 is 9.47 Å². The summed E-state index contributed by atoms with van der Waals surface area (Å²) < 4.78 is 14.6. The largest absolute Gasteiger partial charge is 0.355 e. The van der Waals surface area contributed by atoms with Crippen molar-refractivity contribution in [3.05, 3.63) is 0 Å². The maximum absolute atomic E-state index is 5.97. The molecule has 0 unspecified atom stereocenters. The lowest BCUT2D eigenvalue weighted by Gasteiger charge is -2.34. The third kappa shape index (κ3) is 9.84. The first-order valence-corrected chi connectivity index (χ1v) is 13.2. The third-order valence-corrected chi connectivity index (χ3v) is 7.52. The molecular weight excluding hydrogens is 294 g/mol. The van der Waals surface area contributed by atoms with Crippen LogP contribution in [0.25, 0.3) is 0 Å². The maximum Gasteiger partial charge on any atom is 0.144 e. The average molecular weight is 332 g/mol. The zero-order valence-electron chi connectivity index (χ0n) is 15.4. The van der Waals surface area contributed by atoms with E-state index in [4.69, 9.17) is 9.47 Å². The Morgan fingerprint density at radius 1 is 1.00 bits per heavy atom. The summed E-state index contributed by atoms with van der Waals surface area (Å²) in [5, 5.41) is 0. The molecule has 21 heavy (non-hydrogen) atoms. The minimum atomic E-state index is -1.15. The van der Waals surface area contributed by atoms with E-state index >= 15 is 0 Å². The van der Waals surface area contributed by atoms with Crippen LogP contribution in [0.5, 0.6) is 0 Å². The van der Waals surface area contributed by atoms with Crippen LogP contribution in [-0.2, 0) is 9.47 Å². The summed E-state index contributed by atoms with van der Waals surface area (Å²) in [5.74, 6) is 0. The van der Waals surface area contributed by atoms with E-state index in [0.717, 1.165) is 35.6 Å². The normalized spacial score (nSPS) is 13.1. The number of ether oxygens (including phenoxy) is 2. The van der Waals surface area contributed by atoms with E-state index in [1.807, 2.05) is 0 Å². The van der Waals surface area contributed by atoms with E-state index in [1.54, 1.807) is 0 Å². The Morgan fingerprint density at radius 2 is 1.52 bits per heavy atom. The van der Waals surface area contributed by atoms with Gasteiger partial charge in [-0.1, -0.05) is 46.5 Å². The molecule has 0 amide bonds. The quantitative estimate of drug-likeness (QED) is 0.287. The van der Waals surface area contributed by atoms with Crippen molar-refractivity contribution in [3.63, 3.8) is 0 Å². The van der Waals surface area contributed by atoms with Gasteiger partial charge in [0.15, 0.2) is 0 Å². The molecule has 3 nitrogen and oxygen atoms in total. The number of hydrogen-bond acceptors (Lipinski definition) is 3. The van der Waals surface area contributed by atoms with Crippen molar-refractivity contribution in [1.82, 2.24) is 4.57 Å². The Labute approximate surface area is 136 Å². The zero-order chi connectivity index (χ0) is 16.4. The van der Waals surface area contributed by atoms with Gasteiger partial charge >= 0.3 is 0 Å². The first kappa shape index (κ1) is 21.3. The Bertz CT molecular complexity index is 249. The molecule has 0 aliphatic carbocycles. The molecule has 126 valence electrons. The number of hydrogen-bond donors (Lipinski definition) is 0. The summed E-state index contributed by atoms with van der Waals surface area (Å²) in [6.07, 6.45) is 3.35. The summed E-state index contributed by atoms with van der Waals surface area (Å²) in [7, 11) is -0.426. The monoisotopic (exact) mass is 331 g/mol. The molecular formula is C16H37NO2Si2. The third-order valence-electron chi connectivity index (χ3n) is 3.54. The van der Waals surface area contributed by atoms with Crippen LogP contribution in [-0.4, -0.2) is 54.0 Å². The van der Waals surface area contributed by atoms with Gasteiger partial charge in [-0.2, -0.15) is 0 Å². The van der Waals surface area contributed by atoms with Crippen LogP contribution in [0.15, 0.2) is 0 Å². The van der Waals surface area contributed by atoms with Crippen molar-refractivity contribution in [3.8, 4) is 0 Å². The smallest absolute Gasteiger partial charge is 0.144 e. The predicted molar refractivity (Wildman–Crippen MR) is 96.7 cm³/mol. The first-order chi connectivity index (χ1) is 9.79.